The van der Waals surface area contributed by atoms with Gasteiger partial charge in [0.15, 0.2) is 0 Å². The van der Waals surface area contributed by atoms with Gasteiger partial charge in [-0.2, -0.15) is 0 Å². The van der Waals surface area contributed by atoms with Crippen LogP contribution in [-0.2, 0) is 4.79 Å². The lowest BCUT2D eigenvalue weighted by Gasteiger charge is -2.37. The number of Topliss-reactive ketones (excluding diaryl/α,β-unsaturated/α-hetero) is 1. The number of hydrogen-bond donors (Lipinski definition) is 0. The second kappa shape index (κ2) is 3.37. The zero-order chi connectivity index (χ0) is 8.55. The second-order valence-corrected chi connectivity index (χ2v) is 4.64. The molecular formula is C10H15ClO. The molecule has 2 rings (SSSR count). The molecule has 0 radical (unpaired) electrons. The molecule has 0 aromatic carbocycles. The van der Waals surface area contributed by atoms with Crippen molar-refractivity contribution in [2.45, 2.75) is 43.9 Å². The first-order valence-corrected chi connectivity index (χ1v) is 5.39. The van der Waals surface area contributed by atoms with Crippen LogP contribution >= 0.6 is 11.6 Å². The number of fused-ring (bicyclic) bond motifs is 1. The summed E-state index contributed by atoms with van der Waals surface area (Å²) in [5, 5.41) is 0.285. The fourth-order valence-corrected chi connectivity index (χ4v) is 3.08. The van der Waals surface area contributed by atoms with Crippen LogP contribution in [0.15, 0.2) is 0 Å². The van der Waals surface area contributed by atoms with Gasteiger partial charge in [-0.05, 0) is 25.2 Å². The van der Waals surface area contributed by atoms with Crippen molar-refractivity contribution in [1.82, 2.24) is 0 Å². The summed E-state index contributed by atoms with van der Waals surface area (Å²) in [5.74, 6) is 1.33. The Kier molecular flexibility index (Phi) is 2.40. The third kappa shape index (κ3) is 1.39. The van der Waals surface area contributed by atoms with Crippen molar-refractivity contribution in [2.75, 3.05) is 0 Å². The van der Waals surface area contributed by atoms with Gasteiger partial charge in [0.25, 0.3) is 0 Å². The minimum atomic E-state index is 0.285. The number of alkyl halides is 1. The highest BCUT2D eigenvalue weighted by Crippen LogP contribution is 2.40. The first-order chi connectivity index (χ1) is 5.79. The van der Waals surface area contributed by atoms with Gasteiger partial charge in [0, 0.05) is 17.7 Å². The molecule has 12 heavy (non-hydrogen) atoms. The van der Waals surface area contributed by atoms with E-state index in [-0.39, 0.29) is 5.38 Å². The predicted octanol–water partition coefficient (Wildman–Crippen LogP) is 2.76. The van der Waals surface area contributed by atoms with Crippen molar-refractivity contribution in [3.8, 4) is 0 Å². The third-order valence-electron chi connectivity index (χ3n) is 3.36. The van der Waals surface area contributed by atoms with Gasteiger partial charge in [-0.1, -0.05) is 12.8 Å². The summed E-state index contributed by atoms with van der Waals surface area (Å²) >= 11 is 6.20. The molecular weight excluding hydrogens is 172 g/mol. The average molecular weight is 187 g/mol. The molecule has 0 amide bonds. The van der Waals surface area contributed by atoms with Crippen LogP contribution < -0.4 is 0 Å². The lowest BCUT2D eigenvalue weighted by atomic mass is 9.70. The number of carbonyl (C=O) groups excluding carboxylic acids is 1. The van der Waals surface area contributed by atoms with Gasteiger partial charge in [-0.3, -0.25) is 4.79 Å². The summed E-state index contributed by atoms with van der Waals surface area (Å²) in [6.07, 6.45) is 6.45. The van der Waals surface area contributed by atoms with E-state index in [0.717, 1.165) is 19.3 Å². The molecule has 0 spiro atoms. The third-order valence-corrected chi connectivity index (χ3v) is 3.91. The molecule has 0 unspecified atom stereocenters. The Hall–Kier alpha value is -0.0400. The first-order valence-electron chi connectivity index (χ1n) is 4.96. The van der Waals surface area contributed by atoms with E-state index in [4.69, 9.17) is 11.6 Å². The van der Waals surface area contributed by atoms with Crippen LogP contribution in [0, 0.1) is 11.8 Å². The Morgan fingerprint density at radius 3 is 2.67 bits per heavy atom. The summed E-state index contributed by atoms with van der Waals surface area (Å²) in [7, 11) is 0. The maximum absolute atomic E-state index is 11.5. The fourth-order valence-electron chi connectivity index (χ4n) is 2.67. The Morgan fingerprint density at radius 2 is 1.92 bits per heavy atom. The molecule has 0 aromatic rings. The summed E-state index contributed by atoms with van der Waals surface area (Å²) in [6, 6.07) is 0. The molecule has 0 heterocycles. The molecule has 0 aliphatic heterocycles. The van der Waals surface area contributed by atoms with E-state index < -0.39 is 0 Å². The van der Waals surface area contributed by atoms with E-state index >= 15 is 0 Å². The zero-order valence-electron chi connectivity index (χ0n) is 7.26. The highest BCUT2D eigenvalue weighted by molar-refractivity contribution is 6.21. The second-order valence-electron chi connectivity index (χ2n) is 4.08. The minimum Gasteiger partial charge on any atom is -0.299 e. The molecule has 2 saturated carbocycles. The van der Waals surface area contributed by atoms with Crippen molar-refractivity contribution < 1.29 is 4.79 Å². The van der Waals surface area contributed by atoms with Crippen LogP contribution in [0.3, 0.4) is 0 Å². The SMILES string of the molecule is O=C1CC[C@@H](Cl)[C@@H]2CCCC[C@@H]12. The molecule has 2 aliphatic carbocycles. The number of hydrogen-bond acceptors (Lipinski definition) is 1. The Bertz CT molecular complexity index is 190. The topological polar surface area (TPSA) is 17.1 Å². The van der Waals surface area contributed by atoms with Crippen molar-refractivity contribution in [3.63, 3.8) is 0 Å². The molecule has 0 aromatic heterocycles. The van der Waals surface area contributed by atoms with Gasteiger partial charge in [-0.25, -0.2) is 0 Å². The highest BCUT2D eigenvalue weighted by Gasteiger charge is 2.38. The van der Waals surface area contributed by atoms with E-state index in [1.807, 2.05) is 0 Å². The molecule has 2 aliphatic rings. The molecule has 2 heteroatoms. The van der Waals surface area contributed by atoms with Gasteiger partial charge in [0.1, 0.15) is 5.78 Å². The zero-order valence-corrected chi connectivity index (χ0v) is 8.02. The Labute approximate surface area is 78.5 Å². The Morgan fingerprint density at radius 1 is 1.17 bits per heavy atom. The number of carbonyl (C=O) groups is 1. The maximum Gasteiger partial charge on any atom is 0.136 e. The van der Waals surface area contributed by atoms with Crippen molar-refractivity contribution in [3.05, 3.63) is 0 Å². The average Bonchev–Trinajstić information content (AvgIpc) is 2.12. The fraction of sp³-hybridized carbons (Fsp3) is 0.900. The molecule has 0 N–H and O–H groups in total. The van der Waals surface area contributed by atoms with Crippen LogP contribution in [0.2, 0.25) is 0 Å². The first kappa shape index (κ1) is 8.55. The van der Waals surface area contributed by atoms with Crippen LogP contribution in [-0.4, -0.2) is 11.2 Å². The van der Waals surface area contributed by atoms with Gasteiger partial charge < -0.3 is 0 Å². The van der Waals surface area contributed by atoms with Gasteiger partial charge in [-0.15, -0.1) is 11.6 Å². The lowest BCUT2D eigenvalue weighted by molar-refractivity contribution is -0.127. The minimum absolute atomic E-state index is 0.285. The lowest BCUT2D eigenvalue weighted by Crippen LogP contribution is -2.37. The van der Waals surface area contributed by atoms with Crippen LogP contribution in [0.5, 0.6) is 0 Å². The summed E-state index contributed by atoms with van der Waals surface area (Å²) in [6.45, 7) is 0. The monoisotopic (exact) mass is 186 g/mol. The molecule has 2 fully saturated rings. The number of halogens is 1. The van der Waals surface area contributed by atoms with Crippen LogP contribution in [0.25, 0.3) is 0 Å². The van der Waals surface area contributed by atoms with Gasteiger partial charge in [0.05, 0.1) is 0 Å². The van der Waals surface area contributed by atoms with E-state index in [9.17, 15) is 4.79 Å². The smallest absolute Gasteiger partial charge is 0.136 e. The Balaban J connectivity index is 2.11. The quantitative estimate of drug-likeness (QED) is 0.532. The molecule has 0 bridgehead atoms. The normalized spacial score (nSPS) is 42.4. The standard InChI is InChI=1S/C10H15ClO/c11-9-5-6-10(12)8-4-2-1-3-7(8)9/h7-9H,1-6H2/t7-,8-,9-/m1/s1. The van der Waals surface area contributed by atoms with Gasteiger partial charge in [0.2, 0.25) is 0 Å². The van der Waals surface area contributed by atoms with E-state index in [1.165, 1.54) is 19.3 Å². The molecule has 68 valence electrons. The van der Waals surface area contributed by atoms with Crippen molar-refractivity contribution in [1.29, 1.82) is 0 Å². The highest BCUT2D eigenvalue weighted by atomic mass is 35.5. The van der Waals surface area contributed by atoms with Crippen LogP contribution in [0.4, 0.5) is 0 Å². The van der Waals surface area contributed by atoms with E-state index in [0.29, 0.717) is 17.6 Å². The van der Waals surface area contributed by atoms with E-state index in [1.54, 1.807) is 0 Å². The summed E-state index contributed by atoms with van der Waals surface area (Å²) in [4.78, 5) is 11.5. The van der Waals surface area contributed by atoms with Crippen molar-refractivity contribution >= 4 is 17.4 Å². The molecule has 1 nitrogen and oxygen atoms in total. The van der Waals surface area contributed by atoms with Crippen molar-refractivity contribution in [2.24, 2.45) is 11.8 Å². The largest absolute Gasteiger partial charge is 0.299 e. The molecule has 3 atom stereocenters. The number of ketones is 1. The summed E-state index contributed by atoms with van der Waals surface area (Å²) in [5.41, 5.74) is 0. The molecule has 0 saturated heterocycles. The maximum atomic E-state index is 11.5. The van der Waals surface area contributed by atoms with Gasteiger partial charge >= 0.3 is 0 Å². The summed E-state index contributed by atoms with van der Waals surface area (Å²) < 4.78 is 0. The predicted molar refractivity (Wildman–Crippen MR) is 49.3 cm³/mol. The van der Waals surface area contributed by atoms with Crippen LogP contribution in [0.1, 0.15) is 38.5 Å². The van der Waals surface area contributed by atoms with E-state index in [2.05, 4.69) is 0 Å². The number of rotatable bonds is 0.